The maximum Gasteiger partial charge on any atom is 0.211 e. The maximum absolute atomic E-state index is 10.2. The Balaban J connectivity index is 2.35. The highest BCUT2D eigenvalue weighted by molar-refractivity contribution is 5.74. The number of nitriles is 1. The van der Waals surface area contributed by atoms with Gasteiger partial charge in [0.05, 0.1) is 5.69 Å². The Kier molecular flexibility index (Phi) is 2.07. The molecule has 0 spiro atoms. The van der Waals surface area contributed by atoms with Crippen LogP contribution in [-0.4, -0.2) is 13.0 Å². The number of nitrogens with zero attached hydrogens (tertiary/aromatic N) is 2. The predicted molar refractivity (Wildman–Crippen MR) is 52.8 cm³/mol. The molecular weight excluding hydrogens is 178 g/mol. The molecule has 0 aromatic heterocycles. The zero-order valence-corrected chi connectivity index (χ0v) is 7.53. The molecule has 0 unspecified atom stereocenters. The van der Waals surface area contributed by atoms with Crippen LogP contribution in [-0.2, 0) is 11.2 Å². The quantitative estimate of drug-likeness (QED) is 0.557. The molecule has 4 nitrogen and oxygen atoms in total. The number of amides is 1. The van der Waals surface area contributed by atoms with E-state index < -0.39 is 0 Å². The number of carbonyl (C=O) groups is 1. The Labute approximate surface area is 81.7 Å². The lowest BCUT2D eigenvalue weighted by Gasteiger charge is -2.08. The lowest BCUT2D eigenvalue weighted by atomic mass is 10.1. The average Bonchev–Trinajstić information content (AvgIpc) is 2.60. The van der Waals surface area contributed by atoms with Crippen LogP contribution in [0.5, 0.6) is 0 Å². The van der Waals surface area contributed by atoms with Crippen molar-refractivity contribution in [3.63, 3.8) is 0 Å². The normalized spacial score (nSPS) is 13.2. The minimum atomic E-state index is 0.652. The van der Waals surface area contributed by atoms with Crippen molar-refractivity contribution in [2.24, 2.45) is 0 Å². The summed E-state index contributed by atoms with van der Waals surface area (Å²) in [6, 6.07) is 5.56. The second-order valence-electron chi connectivity index (χ2n) is 3.11. The maximum atomic E-state index is 10.2. The van der Waals surface area contributed by atoms with Crippen molar-refractivity contribution in [3.8, 4) is 6.19 Å². The molecule has 1 aliphatic rings. The first kappa shape index (κ1) is 8.57. The van der Waals surface area contributed by atoms with Gasteiger partial charge in [0.1, 0.15) is 0 Å². The first-order valence-corrected chi connectivity index (χ1v) is 4.35. The number of anilines is 2. The van der Waals surface area contributed by atoms with Crippen molar-refractivity contribution < 1.29 is 4.79 Å². The summed E-state index contributed by atoms with van der Waals surface area (Å²) in [4.78, 5) is 11.9. The fourth-order valence-corrected chi connectivity index (χ4v) is 1.66. The fraction of sp³-hybridized carbons (Fsp3) is 0.200. The Hall–Kier alpha value is -2.02. The average molecular weight is 187 g/mol. The number of rotatable bonds is 2. The molecular formula is C10H9N3O. The number of fused-ring (bicyclic) bond motifs is 1. The van der Waals surface area contributed by atoms with E-state index in [0.29, 0.717) is 6.41 Å². The van der Waals surface area contributed by atoms with Gasteiger partial charge >= 0.3 is 0 Å². The Morgan fingerprint density at radius 3 is 3.14 bits per heavy atom. The Morgan fingerprint density at radius 2 is 2.43 bits per heavy atom. The SMILES string of the molecule is N#CN1CCc2cc(NC=O)ccc21. The summed E-state index contributed by atoms with van der Waals surface area (Å²) in [7, 11) is 0. The van der Waals surface area contributed by atoms with Crippen LogP contribution in [0.2, 0.25) is 0 Å². The van der Waals surface area contributed by atoms with Crippen molar-refractivity contribution >= 4 is 17.8 Å². The van der Waals surface area contributed by atoms with Gasteiger partial charge in [-0.3, -0.25) is 9.69 Å². The molecule has 1 aliphatic heterocycles. The highest BCUT2D eigenvalue weighted by Crippen LogP contribution is 2.29. The molecule has 0 saturated carbocycles. The van der Waals surface area contributed by atoms with Gasteiger partial charge in [-0.25, -0.2) is 0 Å². The smallest absolute Gasteiger partial charge is 0.211 e. The van der Waals surface area contributed by atoms with Gasteiger partial charge in [-0.05, 0) is 30.2 Å². The Bertz CT molecular complexity index is 408. The first-order chi connectivity index (χ1) is 6.85. The summed E-state index contributed by atoms with van der Waals surface area (Å²) >= 11 is 0. The molecule has 14 heavy (non-hydrogen) atoms. The molecule has 1 heterocycles. The van der Waals surface area contributed by atoms with E-state index in [2.05, 4.69) is 11.5 Å². The monoisotopic (exact) mass is 187 g/mol. The van der Waals surface area contributed by atoms with Gasteiger partial charge in [0.2, 0.25) is 6.41 Å². The molecule has 1 amide bonds. The van der Waals surface area contributed by atoms with Crippen LogP contribution in [0.15, 0.2) is 18.2 Å². The summed E-state index contributed by atoms with van der Waals surface area (Å²) in [6.07, 6.45) is 3.62. The molecule has 0 radical (unpaired) electrons. The van der Waals surface area contributed by atoms with E-state index in [1.165, 1.54) is 0 Å². The van der Waals surface area contributed by atoms with E-state index in [1.807, 2.05) is 12.1 Å². The molecule has 1 aromatic carbocycles. The van der Waals surface area contributed by atoms with E-state index in [-0.39, 0.29) is 0 Å². The number of nitrogens with one attached hydrogen (secondary N) is 1. The van der Waals surface area contributed by atoms with Gasteiger partial charge in [0.15, 0.2) is 6.19 Å². The highest BCUT2D eigenvalue weighted by Gasteiger charge is 2.18. The van der Waals surface area contributed by atoms with Crippen LogP contribution in [0.1, 0.15) is 5.56 Å². The van der Waals surface area contributed by atoms with Crippen molar-refractivity contribution in [3.05, 3.63) is 23.8 Å². The Morgan fingerprint density at radius 1 is 1.57 bits per heavy atom. The highest BCUT2D eigenvalue weighted by atomic mass is 16.1. The van der Waals surface area contributed by atoms with Gasteiger partial charge in [-0.2, -0.15) is 5.26 Å². The van der Waals surface area contributed by atoms with Crippen molar-refractivity contribution in [1.29, 1.82) is 5.26 Å². The number of carbonyl (C=O) groups excluding carboxylic acids is 1. The van der Waals surface area contributed by atoms with E-state index in [0.717, 1.165) is 29.9 Å². The van der Waals surface area contributed by atoms with Crippen molar-refractivity contribution in [2.45, 2.75) is 6.42 Å². The van der Waals surface area contributed by atoms with Crippen molar-refractivity contribution in [1.82, 2.24) is 0 Å². The van der Waals surface area contributed by atoms with Crippen LogP contribution in [0.25, 0.3) is 0 Å². The van der Waals surface area contributed by atoms with Gasteiger partial charge < -0.3 is 5.32 Å². The van der Waals surface area contributed by atoms with Crippen LogP contribution in [0.3, 0.4) is 0 Å². The third kappa shape index (κ3) is 1.29. The van der Waals surface area contributed by atoms with Gasteiger partial charge in [0, 0.05) is 12.2 Å². The molecule has 0 atom stereocenters. The number of hydrogen-bond donors (Lipinski definition) is 1. The molecule has 4 heteroatoms. The minimum Gasteiger partial charge on any atom is -0.329 e. The lowest BCUT2D eigenvalue weighted by molar-refractivity contribution is -0.105. The topological polar surface area (TPSA) is 56.1 Å². The third-order valence-corrected chi connectivity index (χ3v) is 2.32. The molecule has 0 bridgehead atoms. The number of benzene rings is 1. The van der Waals surface area contributed by atoms with Crippen LogP contribution < -0.4 is 10.2 Å². The summed E-state index contributed by atoms with van der Waals surface area (Å²) in [6.45, 7) is 0.733. The zero-order chi connectivity index (χ0) is 9.97. The largest absolute Gasteiger partial charge is 0.329 e. The van der Waals surface area contributed by atoms with Gasteiger partial charge in [-0.1, -0.05) is 0 Å². The third-order valence-electron chi connectivity index (χ3n) is 2.32. The molecule has 0 saturated heterocycles. The van der Waals surface area contributed by atoms with Gasteiger partial charge in [-0.15, -0.1) is 0 Å². The first-order valence-electron chi connectivity index (χ1n) is 4.35. The van der Waals surface area contributed by atoms with Crippen LogP contribution in [0, 0.1) is 11.5 Å². The number of hydrogen-bond acceptors (Lipinski definition) is 3. The second kappa shape index (κ2) is 3.38. The minimum absolute atomic E-state index is 0.652. The fourth-order valence-electron chi connectivity index (χ4n) is 1.66. The van der Waals surface area contributed by atoms with E-state index >= 15 is 0 Å². The summed E-state index contributed by atoms with van der Waals surface area (Å²) in [5.74, 6) is 0. The van der Waals surface area contributed by atoms with E-state index in [9.17, 15) is 4.79 Å². The predicted octanol–water partition coefficient (Wildman–Crippen LogP) is 1.10. The van der Waals surface area contributed by atoms with E-state index in [1.54, 1.807) is 11.0 Å². The molecule has 70 valence electrons. The molecule has 1 N–H and O–H groups in total. The summed E-state index contributed by atoms with van der Waals surface area (Å²) in [5, 5.41) is 11.4. The van der Waals surface area contributed by atoms with E-state index in [4.69, 9.17) is 5.26 Å². The summed E-state index contributed by atoms with van der Waals surface area (Å²) < 4.78 is 0. The molecule has 1 aromatic rings. The zero-order valence-electron chi connectivity index (χ0n) is 7.53. The molecule has 2 rings (SSSR count). The summed E-state index contributed by atoms with van der Waals surface area (Å²) in [5.41, 5.74) is 2.83. The molecule has 0 aliphatic carbocycles. The van der Waals surface area contributed by atoms with Crippen molar-refractivity contribution in [2.75, 3.05) is 16.8 Å². The van der Waals surface area contributed by atoms with Crippen LogP contribution >= 0.6 is 0 Å². The molecule has 0 fully saturated rings. The standard InChI is InChI=1S/C10H9N3O/c11-6-13-4-3-8-5-9(12-7-14)1-2-10(8)13/h1-2,5,7H,3-4H2,(H,12,14). The second-order valence-corrected chi connectivity index (χ2v) is 3.11. The lowest BCUT2D eigenvalue weighted by Crippen LogP contribution is -2.11. The van der Waals surface area contributed by atoms with Gasteiger partial charge in [0.25, 0.3) is 0 Å². The van der Waals surface area contributed by atoms with Crippen LogP contribution in [0.4, 0.5) is 11.4 Å².